The molecule has 2 heterocycles. The zero-order valence-corrected chi connectivity index (χ0v) is 34.7. The van der Waals surface area contributed by atoms with Gasteiger partial charge in [0, 0.05) is 31.1 Å². The van der Waals surface area contributed by atoms with Gasteiger partial charge in [-0.2, -0.15) is 0 Å². The van der Waals surface area contributed by atoms with Crippen LogP contribution in [0, 0.1) is 5.92 Å². The minimum Gasteiger partial charge on any atom is -0.445 e. The number of rotatable bonds is 15. The summed E-state index contributed by atoms with van der Waals surface area (Å²) in [5.74, 6) is -0.841. The average molecular weight is 830 g/mol. The van der Waals surface area contributed by atoms with Crippen molar-refractivity contribution in [2.75, 3.05) is 6.54 Å². The molecule has 0 saturated carbocycles. The average Bonchev–Trinajstić information content (AvgIpc) is 3.57. The lowest BCUT2D eigenvalue weighted by atomic mass is 9.89. The number of nitrogens with zero attached hydrogens (tertiary/aromatic N) is 2. The minimum atomic E-state index is -1.00. The molecule has 2 N–H and O–H groups in total. The number of amides is 3. The van der Waals surface area contributed by atoms with E-state index >= 15 is 0 Å². The highest BCUT2D eigenvalue weighted by Crippen LogP contribution is 2.42. The van der Waals surface area contributed by atoms with Crippen molar-refractivity contribution in [1.82, 2.24) is 15.1 Å². The van der Waals surface area contributed by atoms with Crippen LogP contribution in [0.5, 0.6) is 0 Å². The fraction of sp³-hybridized carbons (Fsp3) is 0.250. The monoisotopic (exact) mass is 829 g/mol. The first-order chi connectivity index (χ1) is 30.3. The van der Waals surface area contributed by atoms with Gasteiger partial charge in [-0.05, 0) is 44.5 Å². The van der Waals surface area contributed by atoms with Crippen molar-refractivity contribution in [3.63, 3.8) is 0 Å². The molecule has 316 valence electrons. The van der Waals surface area contributed by atoms with Crippen LogP contribution in [0.2, 0.25) is 0 Å². The van der Waals surface area contributed by atoms with Gasteiger partial charge in [0.15, 0.2) is 6.29 Å². The van der Waals surface area contributed by atoms with Gasteiger partial charge in [0.1, 0.15) is 12.6 Å². The molecule has 5 atom stereocenters. The fourth-order valence-corrected chi connectivity index (χ4v) is 8.25. The van der Waals surface area contributed by atoms with E-state index in [2.05, 4.69) is 65.7 Å². The van der Waals surface area contributed by atoms with Gasteiger partial charge in [0.2, 0.25) is 5.91 Å². The van der Waals surface area contributed by atoms with Crippen LogP contribution in [-0.2, 0) is 56.6 Å². The molecule has 2 aliphatic rings. The van der Waals surface area contributed by atoms with E-state index in [-0.39, 0.29) is 50.2 Å². The largest absolute Gasteiger partial charge is 0.445 e. The molecule has 6 aromatic rings. The molecule has 2 aliphatic heterocycles. The molecule has 10 nitrogen and oxygen atoms in total. The van der Waals surface area contributed by atoms with Gasteiger partial charge in [0.25, 0.3) is 5.91 Å². The number of alkyl carbamates (subject to hydrolysis) is 1. The topological polar surface area (TPSA) is 118 Å². The van der Waals surface area contributed by atoms with Crippen LogP contribution in [0.3, 0.4) is 0 Å². The van der Waals surface area contributed by atoms with E-state index in [1.807, 2.05) is 115 Å². The summed E-state index contributed by atoms with van der Waals surface area (Å²) in [6.07, 6.45) is -2.02. The Morgan fingerprint density at radius 3 is 1.92 bits per heavy atom. The number of ether oxygens (including phenoxy) is 3. The minimum absolute atomic E-state index is 0.00263. The Balaban J connectivity index is 0.994. The molecule has 10 heteroatoms. The lowest BCUT2D eigenvalue weighted by molar-refractivity contribution is -0.276. The van der Waals surface area contributed by atoms with Crippen LogP contribution in [0.1, 0.15) is 64.7 Å². The summed E-state index contributed by atoms with van der Waals surface area (Å²) in [4.78, 5) is 42.8. The van der Waals surface area contributed by atoms with Gasteiger partial charge >= 0.3 is 6.09 Å². The highest BCUT2D eigenvalue weighted by Gasteiger charge is 2.41. The van der Waals surface area contributed by atoms with Crippen LogP contribution in [-0.4, -0.2) is 51.5 Å². The summed E-state index contributed by atoms with van der Waals surface area (Å²) in [7, 11) is 0. The van der Waals surface area contributed by atoms with Crippen LogP contribution in [0.25, 0.3) is 11.1 Å². The number of aliphatic hydroxyl groups is 1. The van der Waals surface area contributed by atoms with Crippen molar-refractivity contribution in [3.8, 4) is 11.1 Å². The van der Waals surface area contributed by atoms with Crippen molar-refractivity contribution in [1.29, 1.82) is 0 Å². The first-order valence-corrected chi connectivity index (χ1v) is 21.1. The Labute approximate surface area is 362 Å². The third-order valence-electron chi connectivity index (χ3n) is 11.6. The number of hydrogen-bond acceptors (Lipinski definition) is 8. The highest BCUT2D eigenvalue weighted by molar-refractivity contribution is 6.06. The molecule has 3 amide bonds. The zero-order valence-electron chi connectivity index (χ0n) is 34.7. The molecule has 8 rings (SSSR count). The standard InChI is InChI=1S/C52H51N3O7/c1-36-47(33-54(30-37-13-5-2-6-14-37)31-38-15-7-3-8-16-38)61-51(62-49(36)42-23-21-39(34-56)22-24-42)43-27-25-41(26-28-43)45-20-12-11-19-44(45)32-55-48(57)29-46(50(55)58)53-52(59)60-35-40-17-9-4-10-18-40/h2-28,36,46-47,49,51,56H,29-35H2,1H3,(H,53,59)/t36-,46?,47+,49+,51+/m1/s1. The van der Waals surface area contributed by atoms with Crippen molar-refractivity contribution >= 4 is 17.9 Å². The molecule has 0 aliphatic carbocycles. The fourth-order valence-electron chi connectivity index (χ4n) is 8.25. The van der Waals surface area contributed by atoms with Gasteiger partial charge in [-0.1, -0.05) is 171 Å². The molecule has 0 bridgehead atoms. The number of benzene rings is 6. The van der Waals surface area contributed by atoms with E-state index in [1.165, 1.54) is 16.0 Å². The Morgan fingerprint density at radius 1 is 0.710 bits per heavy atom. The number of carbonyl (C=O) groups excluding carboxylic acids is 3. The number of aliphatic hydroxyl groups excluding tert-OH is 1. The van der Waals surface area contributed by atoms with Crippen LogP contribution in [0.4, 0.5) is 4.79 Å². The van der Waals surface area contributed by atoms with Crippen LogP contribution < -0.4 is 5.32 Å². The third-order valence-corrected chi connectivity index (χ3v) is 11.6. The Kier molecular flexibility index (Phi) is 13.6. The molecule has 0 radical (unpaired) electrons. The Morgan fingerprint density at radius 2 is 1.29 bits per heavy atom. The second kappa shape index (κ2) is 20.0. The maximum Gasteiger partial charge on any atom is 0.408 e. The van der Waals surface area contributed by atoms with E-state index in [0.29, 0.717) is 6.54 Å². The van der Waals surface area contributed by atoms with E-state index in [9.17, 15) is 19.5 Å². The van der Waals surface area contributed by atoms with E-state index in [1.54, 1.807) is 0 Å². The summed E-state index contributed by atoms with van der Waals surface area (Å²) in [6.45, 7) is 4.43. The molecule has 2 saturated heterocycles. The summed E-state index contributed by atoms with van der Waals surface area (Å²) in [5, 5.41) is 12.3. The van der Waals surface area contributed by atoms with Crippen molar-refractivity contribution < 1.29 is 33.7 Å². The number of hydrogen-bond donors (Lipinski definition) is 2. The van der Waals surface area contributed by atoms with Gasteiger partial charge in [-0.15, -0.1) is 0 Å². The SMILES string of the molecule is C[C@@H]1[C@H](CN(Cc2ccccc2)Cc2ccccc2)O[C@H](c2ccc(-c3ccccc3CN3C(=O)CC(NC(=O)OCc4ccccc4)C3=O)cc2)O[C@@H]1c1ccc(CO)cc1. The molecule has 62 heavy (non-hydrogen) atoms. The van der Waals surface area contributed by atoms with Crippen molar-refractivity contribution in [2.24, 2.45) is 5.92 Å². The highest BCUT2D eigenvalue weighted by atomic mass is 16.7. The third kappa shape index (κ3) is 10.4. The lowest BCUT2D eigenvalue weighted by Gasteiger charge is -2.43. The maximum atomic E-state index is 13.5. The second-order valence-corrected chi connectivity index (χ2v) is 16.0. The van der Waals surface area contributed by atoms with Crippen LogP contribution >= 0.6 is 0 Å². The first kappa shape index (κ1) is 42.3. The lowest BCUT2D eigenvalue weighted by Crippen LogP contribution is -2.44. The summed E-state index contributed by atoms with van der Waals surface area (Å²) < 4.78 is 19.1. The predicted octanol–water partition coefficient (Wildman–Crippen LogP) is 8.89. The molecular formula is C52H51N3O7. The maximum absolute atomic E-state index is 13.5. The summed E-state index contributed by atoms with van der Waals surface area (Å²) in [5.41, 5.74) is 8.53. The van der Waals surface area contributed by atoms with Crippen molar-refractivity contribution in [2.45, 2.75) is 70.7 Å². The molecule has 6 aromatic carbocycles. The van der Waals surface area contributed by atoms with E-state index < -0.39 is 24.3 Å². The molecule has 0 aromatic heterocycles. The number of nitrogens with one attached hydrogen (secondary N) is 1. The summed E-state index contributed by atoms with van der Waals surface area (Å²) >= 11 is 0. The number of carbonyl (C=O) groups is 3. The van der Waals surface area contributed by atoms with Crippen molar-refractivity contribution in [3.05, 3.63) is 203 Å². The molecule has 1 unspecified atom stereocenters. The van der Waals surface area contributed by atoms with E-state index in [4.69, 9.17) is 14.2 Å². The zero-order chi connectivity index (χ0) is 42.8. The normalized spacial score (nSPS) is 20.0. The van der Waals surface area contributed by atoms with E-state index in [0.717, 1.165) is 52.0 Å². The van der Waals surface area contributed by atoms with Gasteiger partial charge < -0.3 is 24.6 Å². The first-order valence-electron chi connectivity index (χ1n) is 21.1. The number of imide groups is 1. The number of likely N-dealkylation sites (tertiary alicyclic amines) is 1. The summed E-state index contributed by atoms with van der Waals surface area (Å²) in [6, 6.07) is 52.9. The molecule has 2 fully saturated rings. The second-order valence-electron chi connectivity index (χ2n) is 16.0. The smallest absolute Gasteiger partial charge is 0.408 e. The van der Waals surface area contributed by atoms with Gasteiger partial charge in [0.05, 0.1) is 31.8 Å². The molecule has 0 spiro atoms. The Bertz CT molecular complexity index is 2370. The molecular weight excluding hydrogens is 779 g/mol. The van der Waals surface area contributed by atoms with Gasteiger partial charge in [-0.3, -0.25) is 19.4 Å². The quantitative estimate of drug-likeness (QED) is 0.0987. The predicted molar refractivity (Wildman–Crippen MR) is 236 cm³/mol. The van der Waals surface area contributed by atoms with Gasteiger partial charge in [-0.25, -0.2) is 4.79 Å². The van der Waals surface area contributed by atoms with Crippen LogP contribution in [0.15, 0.2) is 164 Å². The Hall–Kier alpha value is -6.43.